The highest BCUT2D eigenvalue weighted by Gasteiger charge is 2.39. The van der Waals surface area contributed by atoms with E-state index >= 15 is 0 Å². The number of carbonyl (C=O) groups is 1. The van der Waals surface area contributed by atoms with E-state index in [1.54, 1.807) is 6.26 Å². The quantitative estimate of drug-likeness (QED) is 0.728. The van der Waals surface area contributed by atoms with E-state index in [9.17, 15) is 4.79 Å². The normalized spacial score (nSPS) is 30.2. The monoisotopic (exact) mass is 219 g/mol. The summed E-state index contributed by atoms with van der Waals surface area (Å²) in [7, 11) is 0. The fourth-order valence-corrected chi connectivity index (χ4v) is 3.15. The summed E-state index contributed by atoms with van der Waals surface area (Å²) >= 11 is 0. The summed E-state index contributed by atoms with van der Waals surface area (Å²) < 4.78 is 5.47. The van der Waals surface area contributed by atoms with Gasteiger partial charge >= 0.3 is 0 Å². The number of piperidine rings is 1. The maximum atomic E-state index is 11.9. The van der Waals surface area contributed by atoms with Crippen LogP contribution in [0.2, 0.25) is 0 Å². The molecule has 1 aliphatic carbocycles. The standard InChI is InChI=1S/C13H17NO2/c15-12-7-8-14(13-6-3-9-16-13)11-5-2-1-4-10(11)12/h3,6,9-11H,1-2,4-5,7-8H2. The van der Waals surface area contributed by atoms with E-state index in [0.717, 1.165) is 25.3 Å². The number of carbonyl (C=O) groups excluding carboxylic acids is 1. The van der Waals surface area contributed by atoms with Crippen LogP contribution in [0.15, 0.2) is 22.8 Å². The number of hydrogen-bond donors (Lipinski definition) is 0. The van der Waals surface area contributed by atoms with Crippen LogP contribution < -0.4 is 4.90 Å². The van der Waals surface area contributed by atoms with Crippen LogP contribution in [0.4, 0.5) is 5.88 Å². The van der Waals surface area contributed by atoms with Gasteiger partial charge in [0.15, 0.2) is 5.88 Å². The maximum Gasteiger partial charge on any atom is 0.195 e. The molecule has 2 unspecified atom stereocenters. The van der Waals surface area contributed by atoms with Crippen molar-refractivity contribution in [2.24, 2.45) is 5.92 Å². The topological polar surface area (TPSA) is 33.5 Å². The highest BCUT2D eigenvalue weighted by Crippen LogP contribution is 2.36. The minimum absolute atomic E-state index is 0.257. The number of fused-ring (bicyclic) bond motifs is 1. The smallest absolute Gasteiger partial charge is 0.195 e. The van der Waals surface area contributed by atoms with Crippen molar-refractivity contribution in [2.45, 2.75) is 38.1 Å². The first kappa shape index (κ1) is 9.94. The van der Waals surface area contributed by atoms with Crippen molar-refractivity contribution in [3.8, 4) is 0 Å². The van der Waals surface area contributed by atoms with Gasteiger partial charge in [0, 0.05) is 31.0 Å². The summed E-state index contributed by atoms with van der Waals surface area (Å²) in [5.41, 5.74) is 0. The van der Waals surface area contributed by atoms with Gasteiger partial charge in [-0.25, -0.2) is 0 Å². The first-order valence-electron chi connectivity index (χ1n) is 6.19. The van der Waals surface area contributed by atoms with Gasteiger partial charge in [0.2, 0.25) is 0 Å². The van der Waals surface area contributed by atoms with E-state index in [4.69, 9.17) is 4.42 Å². The van der Waals surface area contributed by atoms with Gasteiger partial charge in [-0.2, -0.15) is 0 Å². The second-order valence-electron chi connectivity index (χ2n) is 4.82. The Kier molecular flexibility index (Phi) is 2.46. The molecule has 2 aliphatic rings. The lowest BCUT2D eigenvalue weighted by atomic mass is 9.77. The summed E-state index contributed by atoms with van der Waals surface area (Å²) in [6, 6.07) is 4.31. The van der Waals surface area contributed by atoms with Crippen LogP contribution in [0.25, 0.3) is 0 Å². The van der Waals surface area contributed by atoms with Gasteiger partial charge in [0.25, 0.3) is 0 Å². The minimum atomic E-state index is 0.257. The third kappa shape index (κ3) is 1.55. The van der Waals surface area contributed by atoms with Crippen molar-refractivity contribution in [1.82, 2.24) is 0 Å². The Morgan fingerprint density at radius 2 is 2.19 bits per heavy atom. The molecule has 0 bridgehead atoms. The number of Topliss-reactive ketones (excluding diaryl/α,β-unsaturated/α-hetero) is 1. The average molecular weight is 219 g/mol. The molecule has 1 saturated heterocycles. The molecule has 86 valence electrons. The summed E-state index contributed by atoms with van der Waals surface area (Å²) in [5, 5.41) is 0. The molecule has 1 aromatic rings. The van der Waals surface area contributed by atoms with Crippen molar-refractivity contribution >= 4 is 11.7 Å². The zero-order valence-corrected chi connectivity index (χ0v) is 9.39. The Hall–Kier alpha value is -1.25. The Morgan fingerprint density at radius 1 is 1.31 bits per heavy atom. The van der Waals surface area contributed by atoms with Crippen molar-refractivity contribution in [2.75, 3.05) is 11.4 Å². The summed E-state index contributed by atoms with van der Waals surface area (Å²) in [5.74, 6) is 1.66. The minimum Gasteiger partial charge on any atom is -0.449 e. The van der Waals surface area contributed by atoms with E-state index in [1.807, 2.05) is 12.1 Å². The lowest BCUT2D eigenvalue weighted by Crippen LogP contribution is -2.51. The van der Waals surface area contributed by atoms with Crippen LogP contribution in [0.5, 0.6) is 0 Å². The second kappa shape index (κ2) is 3.96. The van der Waals surface area contributed by atoms with E-state index in [-0.39, 0.29) is 5.92 Å². The number of nitrogens with zero attached hydrogens (tertiary/aromatic N) is 1. The van der Waals surface area contributed by atoms with Crippen molar-refractivity contribution in [3.63, 3.8) is 0 Å². The fourth-order valence-electron chi connectivity index (χ4n) is 3.15. The molecule has 3 heteroatoms. The predicted molar refractivity (Wildman–Crippen MR) is 61.4 cm³/mol. The largest absolute Gasteiger partial charge is 0.449 e. The van der Waals surface area contributed by atoms with Crippen molar-refractivity contribution < 1.29 is 9.21 Å². The molecule has 0 aromatic carbocycles. The van der Waals surface area contributed by atoms with E-state index in [2.05, 4.69) is 4.90 Å². The molecule has 0 radical (unpaired) electrons. The highest BCUT2D eigenvalue weighted by molar-refractivity contribution is 5.84. The third-order valence-electron chi connectivity index (χ3n) is 3.93. The molecule has 2 fully saturated rings. The second-order valence-corrected chi connectivity index (χ2v) is 4.82. The summed E-state index contributed by atoms with van der Waals surface area (Å²) in [6.45, 7) is 0.827. The molecular formula is C13H17NO2. The number of hydrogen-bond acceptors (Lipinski definition) is 3. The van der Waals surface area contributed by atoms with Crippen LogP contribution in [-0.4, -0.2) is 18.4 Å². The zero-order valence-electron chi connectivity index (χ0n) is 9.39. The predicted octanol–water partition coefficient (Wildman–Crippen LogP) is 2.62. The van der Waals surface area contributed by atoms with Gasteiger partial charge in [0.1, 0.15) is 5.78 Å². The summed E-state index contributed by atoms with van der Waals surface area (Å²) in [4.78, 5) is 14.2. The first-order valence-corrected chi connectivity index (χ1v) is 6.19. The van der Waals surface area contributed by atoms with Crippen molar-refractivity contribution in [1.29, 1.82) is 0 Å². The van der Waals surface area contributed by atoms with Gasteiger partial charge < -0.3 is 9.32 Å². The van der Waals surface area contributed by atoms with Crippen LogP contribution in [0.1, 0.15) is 32.1 Å². The molecule has 2 heterocycles. The fraction of sp³-hybridized carbons (Fsp3) is 0.615. The molecule has 2 atom stereocenters. The molecule has 1 aromatic heterocycles. The number of ketones is 1. The number of anilines is 1. The van der Waals surface area contributed by atoms with Gasteiger partial charge in [-0.1, -0.05) is 12.8 Å². The zero-order chi connectivity index (χ0) is 11.0. The van der Waals surface area contributed by atoms with Crippen LogP contribution >= 0.6 is 0 Å². The van der Waals surface area contributed by atoms with Gasteiger partial charge in [0.05, 0.1) is 6.26 Å². The van der Waals surface area contributed by atoms with Gasteiger partial charge in [-0.15, -0.1) is 0 Å². The van der Waals surface area contributed by atoms with E-state index < -0.39 is 0 Å². The Morgan fingerprint density at radius 3 is 3.00 bits per heavy atom. The Bertz CT molecular complexity index is 371. The van der Waals surface area contributed by atoms with E-state index in [0.29, 0.717) is 18.2 Å². The third-order valence-corrected chi connectivity index (χ3v) is 3.93. The van der Waals surface area contributed by atoms with Crippen molar-refractivity contribution in [3.05, 3.63) is 18.4 Å². The number of furan rings is 1. The summed E-state index contributed by atoms with van der Waals surface area (Å²) in [6.07, 6.45) is 7.05. The molecule has 0 N–H and O–H groups in total. The molecule has 0 amide bonds. The molecule has 1 saturated carbocycles. The molecule has 0 spiro atoms. The van der Waals surface area contributed by atoms with Crippen LogP contribution in [0.3, 0.4) is 0 Å². The van der Waals surface area contributed by atoms with E-state index in [1.165, 1.54) is 12.8 Å². The van der Waals surface area contributed by atoms with Gasteiger partial charge in [-0.05, 0) is 18.9 Å². The van der Waals surface area contributed by atoms with Gasteiger partial charge in [-0.3, -0.25) is 4.79 Å². The van der Waals surface area contributed by atoms with Crippen LogP contribution in [0, 0.1) is 5.92 Å². The van der Waals surface area contributed by atoms with Crippen LogP contribution in [-0.2, 0) is 4.79 Å². The molecule has 3 nitrogen and oxygen atoms in total. The molecule has 16 heavy (non-hydrogen) atoms. The highest BCUT2D eigenvalue weighted by atomic mass is 16.3. The number of rotatable bonds is 1. The SMILES string of the molecule is O=C1CCN(c2ccco2)C2CCCCC12. The maximum absolute atomic E-state index is 11.9. The lowest BCUT2D eigenvalue weighted by molar-refractivity contribution is -0.125. The Labute approximate surface area is 95.4 Å². The first-order chi connectivity index (χ1) is 7.86. The molecular weight excluding hydrogens is 202 g/mol. The average Bonchev–Trinajstić information content (AvgIpc) is 2.83. The Balaban J connectivity index is 1.87. The molecule has 1 aliphatic heterocycles. The lowest BCUT2D eigenvalue weighted by Gasteiger charge is -2.42. The molecule has 3 rings (SSSR count).